The molecule has 1 heteroatoms. The molecule has 2 aliphatic carbocycles. The Hall–Kier alpha value is -0.0400. The Morgan fingerprint density at radius 2 is 1.86 bits per heavy atom. The largest absolute Gasteiger partial charge is 0.311 e. The van der Waals surface area contributed by atoms with Crippen LogP contribution in [0.1, 0.15) is 52.9 Å². The van der Waals surface area contributed by atoms with Crippen LogP contribution >= 0.6 is 0 Å². The molecule has 0 amide bonds. The Kier molecular flexibility index (Phi) is 3.16. The minimum atomic E-state index is 0.831. The summed E-state index contributed by atoms with van der Waals surface area (Å²) in [4.78, 5) is 0. The molecule has 3 unspecified atom stereocenters. The molecular formula is C13H25N. The first kappa shape index (κ1) is 10.5. The lowest BCUT2D eigenvalue weighted by atomic mass is 9.81. The molecule has 0 spiro atoms. The monoisotopic (exact) mass is 195 g/mol. The maximum atomic E-state index is 3.86. The predicted octanol–water partition coefficient (Wildman–Crippen LogP) is 3.20. The van der Waals surface area contributed by atoms with Gasteiger partial charge < -0.3 is 5.32 Å². The van der Waals surface area contributed by atoms with E-state index in [0.717, 1.165) is 29.8 Å². The highest BCUT2D eigenvalue weighted by Gasteiger charge is 2.35. The van der Waals surface area contributed by atoms with E-state index < -0.39 is 0 Å². The molecule has 0 aromatic carbocycles. The topological polar surface area (TPSA) is 12.0 Å². The summed E-state index contributed by atoms with van der Waals surface area (Å²) in [5.74, 6) is 2.88. The fraction of sp³-hybridized carbons (Fsp3) is 1.00. The molecule has 0 bridgehead atoms. The standard InChI is InChI=1S/C13H25N/c1-4-11-5-6-13(10(11)3)14-12-7-9(2)8-12/h9-14H,4-8H2,1-3H3. The summed E-state index contributed by atoms with van der Waals surface area (Å²) in [6, 6.07) is 1.69. The van der Waals surface area contributed by atoms with Gasteiger partial charge in [-0.25, -0.2) is 0 Å². The fourth-order valence-corrected chi connectivity index (χ4v) is 3.40. The minimum Gasteiger partial charge on any atom is -0.311 e. The molecule has 0 saturated heterocycles. The van der Waals surface area contributed by atoms with E-state index >= 15 is 0 Å². The fourth-order valence-electron chi connectivity index (χ4n) is 3.40. The van der Waals surface area contributed by atoms with Crippen molar-refractivity contribution < 1.29 is 0 Å². The van der Waals surface area contributed by atoms with Crippen molar-refractivity contribution in [2.45, 2.75) is 65.0 Å². The second kappa shape index (κ2) is 4.22. The molecule has 2 saturated carbocycles. The van der Waals surface area contributed by atoms with Gasteiger partial charge in [-0.1, -0.05) is 27.2 Å². The molecule has 0 aliphatic heterocycles. The molecule has 1 nitrogen and oxygen atoms in total. The predicted molar refractivity (Wildman–Crippen MR) is 61.3 cm³/mol. The van der Waals surface area contributed by atoms with Crippen LogP contribution in [0.25, 0.3) is 0 Å². The third kappa shape index (κ3) is 1.98. The van der Waals surface area contributed by atoms with Crippen LogP contribution in [0.5, 0.6) is 0 Å². The minimum absolute atomic E-state index is 0.831. The van der Waals surface area contributed by atoms with Crippen LogP contribution in [0, 0.1) is 17.8 Å². The van der Waals surface area contributed by atoms with E-state index in [9.17, 15) is 0 Å². The van der Waals surface area contributed by atoms with E-state index in [1.807, 2.05) is 0 Å². The highest BCUT2D eigenvalue weighted by Crippen LogP contribution is 2.36. The zero-order valence-corrected chi connectivity index (χ0v) is 9.92. The van der Waals surface area contributed by atoms with E-state index in [0.29, 0.717) is 0 Å². The van der Waals surface area contributed by atoms with Gasteiger partial charge in [0.2, 0.25) is 0 Å². The van der Waals surface area contributed by atoms with E-state index in [1.165, 1.54) is 32.1 Å². The zero-order valence-electron chi connectivity index (χ0n) is 9.92. The van der Waals surface area contributed by atoms with Crippen molar-refractivity contribution in [3.63, 3.8) is 0 Å². The Bertz CT molecular complexity index is 184. The smallest absolute Gasteiger partial charge is 0.00980 e. The SMILES string of the molecule is CCC1CCC(NC2CC(C)C2)C1C. The second-order valence-corrected chi connectivity index (χ2v) is 5.65. The van der Waals surface area contributed by atoms with Crippen LogP contribution in [-0.2, 0) is 0 Å². The first-order chi connectivity index (χ1) is 6.70. The molecular weight excluding hydrogens is 170 g/mol. The molecule has 2 fully saturated rings. The zero-order chi connectivity index (χ0) is 10.1. The van der Waals surface area contributed by atoms with Crippen LogP contribution < -0.4 is 5.32 Å². The normalized spacial score (nSPS) is 47.8. The number of nitrogens with one attached hydrogen (secondary N) is 1. The van der Waals surface area contributed by atoms with Gasteiger partial charge in [0, 0.05) is 12.1 Å². The van der Waals surface area contributed by atoms with Crippen molar-refractivity contribution in [3.8, 4) is 0 Å². The van der Waals surface area contributed by atoms with Crippen molar-refractivity contribution in [2.75, 3.05) is 0 Å². The van der Waals surface area contributed by atoms with Gasteiger partial charge in [-0.15, -0.1) is 0 Å². The maximum absolute atomic E-state index is 3.86. The summed E-state index contributed by atoms with van der Waals surface area (Å²) < 4.78 is 0. The molecule has 2 aliphatic rings. The maximum Gasteiger partial charge on any atom is 0.00980 e. The molecule has 2 rings (SSSR count). The van der Waals surface area contributed by atoms with Crippen LogP contribution in [0.2, 0.25) is 0 Å². The Labute approximate surface area is 88.7 Å². The molecule has 0 aromatic heterocycles. The molecule has 82 valence electrons. The van der Waals surface area contributed by atoms with Crippen molar-refractivity contribution in [1.82, 2.24) is 5.32 Å². The van der Waals surface area contributed by atoms with E-state index in [1.54, 1.807) is 0 Å². The molecule has 14 heavy (non-hydrogen) atoms. The van der Waals surface area contributed by atoms with Crippen molar-refractivity contribution in [3.05, 3.63) is 0 Å². The molecule has 0 aromatic rings. The number of hydrogen-bond acceptors (Lipinski definition) is 1. The van der Waals surface area contributed by atoms with Crippen LogP contribution in [-0.4, -0.2) is 12.1 Å². The summed E-state index contributed by atoms with van der Waals surface area (Å²) in [5.41, 5.74) is 0. The summed E-state index contributed by atoms with van der Waals surface area (Å²) in [6.07, 6.45) is 7.09. The summed E-state index contributed by atoms with van der Waals surface area (Å²) >= 11 is 0. The highest BCUT2D eigenvalue weighted by atomic mass is 15.0. The van der Waals surface area contributed by atoms with Crippen molar-refractivity contribution >= 4 is 0 Å². The van der Waals surface area contributed by atoms with Gasteiger partial charge in [0.1, 0.15) is 0 Å². The van der Waals surface area contributed by atoms with Gasteiger partial charge in [-0.2, -0.15) is 0 Å². The molecule has 1 N–H and O–H groups in total. The Morgan fingerprint density at radius 3 is 2.36 bits per heavy atom. The number of rotatable bonds is 3. The van der Waals surface area contributed by atoms with E-state index in [2.05, 4.69) is 26.1 Å². The lowest BCUT2D eigenvalue weighted by Gasteiger charge is -2.37. The van der Waals surface area contributed by atoms with Gasteiger partial charge >= 0.3 is 0 Å². The summed E-state index contributed by atoms with van der Waals surface area (Å²) in [7, 11) is 0. The lowest BCUT2D eigenvalue weighted by Crippen LogP contribution is -2.46. The Balaban J connectivity index is 1.76. The second-order valence-electron chi connectivity index (χ2n) is 5.65. The van der Waals surface area contributed by atoms with Crippen LogP contribution in [0.3, 0.4) is 0 Å². The average molecular weight is 195 g/mol. The van der Waals surface area contributed by atoms with Gasteiger partial charge in [-0.3, -0.25) is 0 Å². The molecule has 0 radical (unpaired) electrons. The van der Waals surface area contributed by atoms with Gasteiger partial charge in [-0.05, 0) is 43.4 Å². The van der Waals surface area contributed by atoms with E-state index in [-0.39, 0.29) is 0 Å². The third-order valence-electron chi connectivity index (χ3n) is 4.57. The molecule has 0 heterocycles. The highest BCUT2D eigenvalue weighted by molar-refractivity contribution is 4.91. The van der Waals surface area contributed by atoms with Crippen LogP contribution in [0.4, 0.5) is 0 Å². The quantitative estimate of drug-likeness (QED) is 0.729. The first-order valence-corrected chi connectivity index (χ1v) is 6.46. The lowest BCUT2D eigenvalue weighted by molar-refractivity contribution is 0.203. The average Bonchev–Trinajstić information content (AvgIpc) is 2.45. The summed E-state index contributed by atoms with van der Waals surface area (Å²) in [5, 5.41) is 3.86. The van der Waals surface area contributed by atoms with Crippen molar-refractivity contribution in [2.24, 2.45) is 17.8 Å². The van der Waals surface area contributed by atoms with Gasteiger partial charge in [0.25, 0.3) is 0 Å². The van der Waals surface area contributed by atoms with Crippen molar-refractivity contribution in [1.29, 1.82) is 0 Å². The van der Waals surface area contributed by atoms with Gasteiger partial charge in [0.15, 0.2) is 0 Å². The van der Waals surface area contributed by atoms with Crippen LogP contribution in [0.15, 0.2) is 0 Å². The summed E-state index contributed by atoms with van der Waals surface area (Å²) in [6.45, 7) is 7.15. The third-order valence-corrected chi connectivity index (χ3v) is 4.57. The van der Waals surface area contributed by atoms with Gasteiger partial charge in [0.05, 0.1) is 0 Å². The Morgan fingerprint density at radius 1 is 1.14 bits per heavy atom. The van der Waals surface area contributed by atoms with E-state index in [4.69, 9.17) is 0 Å². The first-order valence-electron chi connectivity index (χ1n) is 6.46. The molecule has 3 atom stereocenters. The number of hydrogen-bond donors (Lipinski definition) is 1.